The molecule has 0 radical (unpaired) electrons. The van der Waals surface area contributed by atoms with Gasteiger partial charge in [0.25, 0.3) is 10.0 Å². The van der Waals surface area contributed by atoms with Crippen molar-refractivity contribution in [2.24, 2.45) is 0 Å². The number of ether oxygens (including phenoxy) is 4. The summed E-state index contributed by atoms with van der Waals surface area (Å²) in [6, 6.07) is 15.0. The molecule has 0 aromatic heterocycles. The summed E-state index contributed by atoms with van der Waals surface area (Å²) in [6.45, 7) is 4.63. The molecule has 44 heavy (non-hydrogen) atoms. The Bertz CT molecular complexity index is 1580. The van der Waals surface area contributed by atoms with Gasteiger partial charge < -0.3 is 29.2 Å². The normalized spacial score (nSPS) is 11.8. The Morgan fingerprint density at radius 3 is 2.09 bits per heavy atom. The second-order valence-corrected chi connectivity index (χ2v) is 12.8. The van der Waals surface area contributed by atoms with Crippen LogP contribution in [-0.4, -0.2) is 72.2 Å². The molecule has 1 atom stereocenters. The predicted octanol–water partition coefficient (Wildman–Crippen LogP) is 4.62. The molecule has 0 saturated heterocycles. The van der Waals surface area contributed by atoms with E-state index in [1.807, 2.05) is 38.1 Å². The second kappa shape index (κ2) is 15.2. The van der Waals surface area contributed by atoms with Gasteiger partial charge in [-0.1, -0.05) is 28.1 Å². The van der Waals surface area contributed by atoms with Crippen molar-refractivity contribution >= 4 is 43.5 Å². The number of sulfonamides is 1. The third-order valence-electron chi connectivity index (χ3n) is 6.72. The zero-order valence-corrected chi connectivity index (χ0v) is 28.2. The minimum atomic E-state index is -4.44. The Balaban J connectivity index is 2.18. The average molecular weight is 693 g/mol. The third kappa shape index (κ3) is 8.14. The van der Waals surface area contributed by atoms with E-state index in [9.17, 15) is 18.0 Å². The van der Waals surface area contributed by atoms with Gasteiger partial charge >= 0.3 is 0 Å². The molecular weight excluding hydrogens is 654 g/mol. The van der Waals surface area contributed by atoms with E-state index in [0.29, 0.717) is 11.5 Å². The maximum atomic E-state index is 14.4. The Morgan fingerprint density at radius 2 is 1.50 bits per heavy atom. The van der Waals surface area contributed by atoms with Crippen LogP contribution in [0.3, 0.4) is 0 Å². The van der Waals surface area contributed by atoms with Gasteiger partial charge in [-0.2, -0.15) is 0 Å². The first-order valence-corrected chi connectivity index (χ1v) is 15.9. The highest BCUT2D eigenvalue weighted by atomic mass is 79.9. The lowest BCUT2D eigenvalue weighted by Gasteiger charge is -2.32. The van der Waals surface area contributed by atoms with E-state index in [1.165, 1.54) is 57.6 Å². The van der Waals surface area contributed by atoms with Crippen LogP contribution in [0.2, 0.25) is 0 Å². The number of nitrogens with one attached hydrogen (secondary N) is 1. The molecule has 0 heterocycles. The largest absolute Gasteiger partial charge is 0.497 e. The van der Waals surface area contributed by atoms with Crippen LogP contribution in [0.25, 0.3) is 0 Å². The van der Waals surface area contributed by atoms with E-state index < -0.39 is 28.5 Å². The number of methoxy groups -OCH3 is 4. The van der Waals surface area contributed by atoms with Crippen LogP contribution in [0.1, 0.15) is 26.3 Å². The highest BCUT2D eigenvalue weighted by molar-refractivity contribution is 9.10. The van der Waals surface area contributed by atoms with E-state index in [-0.39, 0.29) is 40.6 Å². The van der Waals surface area contributed by atoms with Crippen molar-refractivity contribution in [2.45, 2.75) is 44.3 Å². The molecule has 0 saturated carbocycles. The van der Waals surface area contributed by atoms with Crippen molar-refractivity contribution in [1.29, 1.82) is 0 Å². The van der Waals surface area contributed by atoms with Gasteiger partial charge in [0.1, 0.15) is 24.1 Å². The third-order valence-corrected chi connectivity index (χ3v) is 8.97. The molecule has 0 aliphatic heterocycles. The first-order chi connectivity index (χ1) is 20.9. The van der Waals surface area contributed by atoms with Crippen molar-refractivity contribution in [3.8, 4) is 23.0 Å². The molecule has 3 aromatic rings. The van der Waals surface area contributed by atoms with Crippen molar-refractivity contribution < 1.29 is 37.0 Å². The van der Waals surface area contributed by atoms with Gasteiger partial charge in [0.05, 0.1) is 39.0 Å². The second-order valence-electron chi connectivity index (χ2n) is 10.1. The van der Waals surface area contributed by atoms with E-state index in [0.717, 1.165) is 14.3 Å². The summed E-state index contributed by atoms with van der Waals surface area (Å²) in [5.74, 6) is 0.0519. The molecule has 3 aromatic carbocycles. The van der Waals surface area contributed by atoms with Crippen LogP contribution < -0.4 is 28.6 Å². The average Bonchev–Trinajstić information content (AvgIpc) is 3.00. The minimum absolute atomic E-state index is 0.0461. The van der Waals surface area contributed by atoms with Crippen molar-refractivity contribution in [3.63, 3.8) is 0 Å². The van der Waals surface area contributed by atoms with Crippen LogP contribution >= 0.6 is 15.9 Å². The first-order valence-electron chi connectivity index (χ1n) is 13.7. The summed E-state index contributed by atoms with van der Waals surface area (Å²) in [4.78, 5) is 28.5. The molecule has 0 bridgehead atoms. The number of nitrogens with zero attached hydrogens (tertiary/aromatic N) is 2. The fourth-order valence-corrected chi connectivity index (χ4v) is 6.31. The number of benzene rings is 3. The Morgan fingerprint density at radius 1 is 0.841 bits per heavy atom. The molecule has 0 unspecified atom stereocenters. The molecule has 0 aliphatic rings. The highest BCUT2D eigenvalue weighted by Gasteiger charge is 2.34. The first kappa shape index (κ1) is 34.5. The fraction of sp³-hybridized carbons (Fsp3) is 0.355. The van der Waals surface area contributed by atoms with Crippen LogP contribution in [0.5, 0.6) is 23.0 Å². The zero-order valence-electron chi connectivity index (χ0n) is 25.8. The number of hydrogen-bond acceptors (Lipinski definition) is 8. The standard InChI is InChI=1S/C31H38BrN3O8S/c1-20(2)33-31(37)21(3)34(18-22-9-8-10-23(32)15-22)30(36)19-35(26-16-24(40-4)11-13-27(26)41-5)44(38,39)25-12-14-28(42-6)29(17-25)43-7/h8-17,20-21H,18-19H2,1-7H3,(H,33,37)/t21-/m1/s1. The Hall–Kier alpha value is -3.97. The maximum Gasteiger partial charge on any atom is 0.265 e. The lowest BCUT2D eigenvalue weighted by atomic mass is 10.1. The summed E-state index contributed by atoms with van der Waals surface area (Å²) in [5, 5.41) is 2.84. The molecule has 0 fully saturated rings. The fourth-order valence-electron chi connectivity index (χ4n) is 4.43. The predicted molar refractivity (Wildman–Crippen MR) is 171 cm³/mol. The van der Waals surface area contributed by atoms with Gasteiger partial charge in [0, 0.05) is 29.2 Å². The summed E-state index contributed by atoms with van der Waals surface area (Å²) in [5.41, 5.74) is 0.807. The summed E-state index contributed by atoms with van der Waals surface area (Å²) < 4.78 is 52.0. The van der Waals surface area contributed by atoms with Crippen LogP contribution in [0.15, 0.2) is 70.0 Å². The molecule has 3 rings (SSSR count). The number of hydrogen-bond donors (Lipinski definition) is 1. The highest BCUT2D eigenvalue weighted by Crippen LogP contribution is 2.37. The number of carbonyl (C=O) groups is 2. The molecule has 11 nitrogen and oxygen atoms in total. The van der Waals surface area contributed by atoms with Gasteiger partial charge in [0.15, 0.2) is 11.5 Å². The number of anilines is 1. The minimum Gasteiger partial charge on any atom is -0.497 e. The van der Waals surface area contributed by atoms with Crippen LogP contribution in [0.4, 0.5) is 5.69 Å². The molecule has 13 heteroatoms. The monoisotopic (exact) mass is 691 g/mol. The van der Waals surface area contributed by atoms with E-state index in [2.05, 4.69) is 21.2 Å². The Kier molecular flexibility index (Phi) is 11.9. The molecule has 238 valence electrons. The molecule has 0 aliphatic carbocycles. The van der Waals surface area contributed by atoms with Gasteiger partial charge in [-0.15, -0.1) is 0 Å². The molecular formula is C31H38BrN3O8S. The number of amides is 2. The van der Waals surface area contributed by atoms with E-state index in [4.69, 9.17) is 18.9 Å². The van der Waals surface area contributed by atoms with Gasteiger partial charge in [0.2, 0.25) is 11.8 Å². The van der Waals surface area contributed by atoms with E-state index in [1.54, 1.807) is 19.1 Å². The lowest BCUT2D eigenvalue weighted by Crippen LogP contribution is -2.52. The van der Waals surface area contributed by atoms with Gasteiger partial charge in [-0.25, -0.2) is 8.42 Å². The quantitative estimate of drug-likeness (QED) is 0.260. The van der Waals surface area contributed by atoms with Crippen LogP contribution in [0, 0.1) is 0 Å². The maximum absolute atomic E-state index is 14.4. The van der Waals surface area contributed by atoms with Crippen molar-refractivity contribution in [1.82, 2.24) is 10.2 Å². The lowest BCUT2D eigenvalue weighted by molar-refractivity contribution is -0.139. The smallest absolute Gasteiger partial charge is 0.265 e. The Labute approximate surface area is 267 Å². The summed E-state index contributed by atoms with van der Waals surface area (Å²) in [6.07, 6.45) is 0. The number of halogens is 1. The number of rotatable bonds is 14. The molecule has 0 spiro atoms. The zero-order chi connectivity index (χ0) is 32.6. The van der Waals surface area contributed by atoms with Crippen molar-refractivity contribution in [3.05, 3.63) is 70.7 Å². The topological polar surface area (TPSA) is 124 Å². The SMILES string of the molecule is COc1ccc(OC)c(N(CC(=O)N(Cc2cccc(Br)c2)[C@H](C)C(=O)NC(C)C)S(=O)(=O)c2ccc(OC)c(OC)c2)c1. The van der Waals surface area contributed by atoms with E-state index >= 15 is 0 Å². The summed E-state index contributed by atoms with van der Waals surface area (Å²) >= 11 is 3.45. The van der Waals surface area contributed by atoms with Crippen LogP contribution in [-0.2, 0) is 26.2 Å². The number of carbonyl (C=O) groups excluding carboxylic acids is 2. The molecule has 2 amide bonds. The van der Waals surface area contributed by atoms with Gasteiger partial charge in [-0.3, -0.25) is 13.9 Å². The van der Waals surface area contributed by atoms with Crippen molar-refractivity contribution in [2.75, 3.05) is 39.3 Å². The molecule has 1 N–H and O–H groups in total. The van der Waals surface area contributed by atoms with Gasteiger partial charge in [-0.05, 0) is 62.7 Å². The summed E-state index contributed by atoms with van der Waals surface area (Å²) in [7, 11) is 1.23.